The number of nitrogens with two attached hydrogens (primary N) is 1. The Bertz CT molecular complexity index is 1220. The highest BCUT2D eigenvalue weighted by atomic mass is 127. The molecule has 0 saturated heterocycles. The Hall–Kier alpha value is -3.53. The van der Waals surface area contributed by atoms with E-state index in [4.69, 9.17) is 5.73 Å². The van der Waals surface area contributed by atoms with Gasteiger partial charge in [0.25, 0.3) is 11.8 Å². The number of hydrogen-bond acceptors (Lipinski definition) is 4. The maximum atomic E-state index is 12.5. The fourth-order valence-electron chi connectivity index (χ4n) is 3.16. The van der Waals surface area contributed by atoms with Gasteiger partial charge in [0.15, 0.2) is 5.71 Å². The highest BCUT2D eigenvalue weighted by molar-refractivity contribution is 14.1. The van der Waals surface area contributed by atoms with E-state index in [2.05, 4.69) is 38.4 Å². The average molecular weight is 510 g/mol. The number of nitrogens with zero attached hydrogens (tertiary/aromatic N) is 1. The van der Waals surface area contributed by atoms with Gasteiger partial charge in [0.2, 0.25) is 5.91 Å². The monoisotopic (exact) mass is 510 g/mol. The molecule has 0 radical (unpaired) electrons. The van der Waals surface area contributed by atoms with Crippen LogP contribution in [0.3, 0.4) is 0 Å². The predicted molar refractivity (Wildman–Crippen MR) is 122 cm³/mol. The van der Waals surface area contributed by atoms with Gasteiger partial charge in [-0.2, -0.15) is 5.10 Å². The van der Waals surface area contributed by atoms with Crippen LogP contribution in [0.15, 0.2) is 71.8 Å². The Balaban J connectivity index is 1.55. The van der Waals surface area contributed by atoms with Crippen LogP contribution in [0.4, 0.5) is 5.69 Å². The van der Waals surface area contributed by atoms with Crippen LogP contribution in [0.1, 0.15) is 26.3 Å². The molecular weight excluding hydrogens is 495 g/mol. The molecule has 3 aromatic rings. The lowest BCUT2D eigenvalue weighted by Gasteiger charge is -2.08. The molecule has 4 rings (SSSR count). The van der Waals surface area contributed by atoms with Crippen LogP contribution in [-0.2, 0) is 4.79 Å². The van der Waals surface area contributed by atoms with Crippen molar-refractivity contribution in [3.05, 3.63) is 87.0 Å². The standard InChI is InChI=1S/C22H15IN4O3/c23-14-9-10-18-17(11-14)19(22(30)25-18)26-27-21(29)13-7-5-12(6-8-13)15-3-1-2-4-16(15)20(24)28/h1-11H,(H2,24,28)(H,27,29)(H,25,26,30). The summed E-state index contributed by atoms with van der Waals surface area (Å²) in [5.74, 6) is -1.34. The maximum Gasteiger partial charge on any atom is 0.276 e. The third kappa shape index (κ3) is 3.81. The van der Waals surface area contributed by atoms with Gasteiger partial charge < -0.3 is 11.1 Å². The minimum atomic E-state index is -0.520. The lowest BCUT2D eigenvalue weighted by Crippen LogP contribution is -2.23. The summed E-state index contributed by atoms with van der Waals surface area (Å²) in [5.41, 5.74) is 11.5. The Labute approximate surface area is 185 Å². The number of carbonyl (C=O) groups excluding carboxylic acids is 3. The average Bonchev–Trinajstić information content (AvgIpc) is 3.06. The Kier molecular flexibility index (Phi) is 5.32. The van der Waals surface area contributed by atoms with Crippen LogP contribution in [0.5, 0.6) is 0 Å². The molecule has 0 fully saturated rings. The fourth-order valence-corrected chi connectivity index (χ4v) is 3.65. The molecule has 3 amide bonds. The van der Waals surface area contributed by atoms with Gasteiger partial charge in [-0.25, -0.2) is 5.43 Å². The summed E-state index contributed by atoms with van der Waals surface area (Å²) in [6, 6.07) is 19.2. The highest BCUT2D eigenvalue weighted by Gasteiger charge is 2.26. The molecule has 1 heterocycles. The molecule has 0 bridgehead atoms. The second-order valence-electron chi connectivity index (χ2n) is 6.53. The van der Waals surface area contributed by atoms with Crippen LogP contribution < -0.4 is 16.5 Å². The van der Waals surface area contributed by atoms with E-state index in [1.54, 1.807) is 48.5 Å². The summed E-state index contributed by atoms with van der Waals surface area (Å²) in [6.07, 6.45) is 0. The van der Waals surface area contributed by atoms with E-state index in [0.29, 0.717) is 27.9 Å². The molecule has 1 aliphatic heterocycles. The number of hydrogen-bond donors (Lipinski definition) is 3. The number of halogens is 1. The molecule has 0 aromatic heterocycles. The lowest BCUT2D eigenvalue weighted by molar-refractivity contribution is -0.110. The first-order valence-electron chi connectivity index (χ1n) is 8.92. The predicted octanol–water partition coefficient (Wildman–Crippen LogP) is 3.14. The SMILES string of the molecule is NC(=O)c1ccccc1-c1ccc(C(=O)NN=C2C(=O)Nc3ccc(I)cc32)cc1. The van der Waals surface area contributed by atoms with Gasteiger partial charge in [0, 0.05) is 20.3 Å². The van der Waals surface area contributed by atoms with E-state index < -0.39 is 11.8 Å². The van der Waals surface area contributed by atoms with Crippen LogP contribution in [0.2, 0.25) is 0 Å². The van der Waals surface area contributed by atoms with Crippen LogP contribution in [0, 0.1) is 3.57 Å². The number of anilines is 1. The van der Waals surface area contributed by atoms with Crippen LogP contribution in [-0.4, -0.2) is 23.4 Å². The highest BCUT2D eigenvalue weighted by Crippen LogP contribution is 2.26. The van der Waals surface area contributed by atoms with E-state index in [9.17, 15) is 14.4 Å². The van der Waals surface area contributed by atoms with Crippen molar-refractivity contribution in [3.63, 3.8) is 0 Å². The molecule has 0 spiro atoms. The van der Waals surface area contributed by atoms with Gasteiger partial charge in [-0.15, -0.1) is 0 Å². The van der Waals surface area contributed by atoms with Crippen molar-refractivity contribution in [2.45, 2.75) is 0 Å². The van der Waals surface area contributed by atoms with Crippen molar-refractivity contribution >= 4 is 51.7 Å². The number of fused-ring (bicyclic) bond motifs is 1. The van der Waals surface area contributed by atoms with Crippen molar-refractivity contribution < 1.29 is 14.4 Å². The number of primary amides is 1. The van der Waals surface area contributed by atoms with Crippen molar-refractivity contribution in [2.75, 3.05) is 5.32 Å². The molecule has 3 aromatic carbocycles. The molecule has 148 valence electrons. The smallest absolute Gasteiger partial charge is 0.276 e. The summed E-state index contributed by atoms with van der Waals surface area (Å²) in [7, 11) is 0. The zero-order valence-corrected chi connectivity index (χ0v) is 17.6. The molecule has 30 heavy (non-hydrogen) atoms. The number of carbonyl (C=O) groups is 3. The van der Waals surface area contributed by atoms with Crippen molar-refractivity contribution in [1.29, 1.82) is 0 Å². The van der Waals surface area contributed by atoms with E-state index in [1.165, 1.54) is 0 Å². The minimum Gasteiger partial charge on any atom is -0.366 e. The van der Waals surface area contributed by atoms with Crippen molar-refractivity contribution in [3.8, 4) is 11.1 Å². The van der Waals surface area contributed by atoms with E-state index in [0.717, 1.165) is 9.13 Å². The first-order chi connectivity index (χ1) is 14.4. The molecule has 0 unspecified atom stereocenters. The van der Waals surface area contributed by atoms with Crippen LogP contribution >= 0.6 is 22.6 Å². The Morgan fingerprint density at radius 3 is 2.43 bits per heavy atom. The van der Waals surface area contributed by atoms with Gasteiger partial charge in [-0.3, -0.25) is 14.4 Å². The largest absolute Gasteiger partial charge is 0.366 e. The second kappa shape index (κ2) is 8.07. The van der Waals surface area contributed by atoms with Crippen molar-refractivity contribution in [1.82, 2.24) is 5.43 Å². The normalized spacial score (nSPS) is 13.6. The molecular formula is C22H15IN4O3. The number of nitrogens with one attached hydrogen (secondary N) is 2. The minimum absolute atomic E-state index is 0.156. The molecule has 8 heteroatoms. The maximum absolute atomic E-state index is 12.5. The van der Waals surface area contributed by atoms with Gasteiger partial charge in [-0.05, 0) is 70.1 Å². The van der Waals surface area contributed by atoms with E-state index in [-0.39, 0.29) is 11.6 Å². The zero-order valence-electron chi connectivity index (χ0n) is 15.5. The molecule has 0 aliphatic carbocycles. The molecule has 1 aliphatic rings. The number of benzene rings is 3. The molecule has 4 N–H and O–H groups in total. The van der Waals surface area contributed by atoms with Crippen LogP contribution in [0.25, 0.3) is 11.1 Å². The molecule has 0 atom stereocenters. The molecule has 0 saturated carbocycles. The Morgan fingerprint density at radius 1 is 0.967 bits per heavy atom. The molecule has 7 nitrogen and oxygen atoms in total. The number of hydrazone groups is 1. The fraction of sp³-hybridized carbons (Fsp3) is 0. The summed E-state index contributed by atoms with van der Waals surface area (Å²) in [5, 5.41) is 6.74. The van der Waals surface area contributed by atoms with Crippen molar-refractivity contribution in [2.24, 2.45) is 10.8 Å². The van der Waals surface area contributed by atoms with Gasteiger partial charge in [0.05, 0.1) is 5.69 Å². The zero-order chi connectivity index (χ0) is 21.3. The number of amides is 3. The van der Waals surface area contributed by atoms with Gasteiger partial charge in [0.1, 0.15) is 0 Å². The second-order valence-corrected chi connectivity index (χ2v) is 7.78. The first kappa shape index (κ1) is 19.8. The van der Waals surface area contributed by atoms with Gasteiger partial charge in [-0.1, -0.05) is 30.3 Å². The topological polar surface area (TPSA) is 114 Å². The lowest BCUT2D eigenvalue weighted by atomic mass is 9.98. The third-order valence-corrected chi connectivity index (χ3v) is 5.29. The summed E-state index contributed by atoms with van der Waals surface area (Å²) in [6.45, 7) is 0. The third-order valence-electron chi connectivity index (χ3n) is 4.62. The van der Waals surface area contributed by atoms with Gasteiger partial charge >= 0.3 is 0 Å². The summed E-state index contributed by atoms with van der Waals surface area (Å²) >= 11 is 2.15. The summed E-state index contributed by atoms with van der Waals surface area (Å²) in [4.78, 5) is 36.3. The number of rotatable bonds is 4. The Morgan fingerprint density at radius 2 is 1.70 bits per heavy atom. The first-order valence-corrected chi connectivity index (χ1v) is 10.0. The van der Waals surface area contributed by atoms with E-state index in [1.807, 2.05) is 18.2 Å². The summed E-state index contributed by atoms with van der Waals surface area (Å²) < 4.78 is 0.953. The van der Waals surface area contributed by atoms with E-state index >= 15 is 0 Å². The quantitative estimate of drug-likeness (QED) is 0.370.